The van der Waals surface area contributed by atoms with Crippen molar-refractivity contribution in [2.45, 2.75) is 75.4 Å². The van der Waals surface area contributed by atoms with Gasteiger partial charge in [0.05, 0.1) is 5.69 Å². The number of fused-ring (bicyclic) bond motifs is 2. The van der Waals surface area contributed by atoms with Crippen LogP contribution in [-0.4, -0.2) is 39.5 Å². The van der Waals surface area contributed by atoms with E-state index in [2.05, 4.69) is 32.7 Å². The minimum atomic E-state index is -1.03. The number of carboxylic acid groups (broad SMARTS) is 1. The van der Waals surface area contributed by atoms with E-state index in [9.17, 15) is 14.7 Å². The molecule has 2 aliphatic carbocycles. The van der Waals surface area contributed by atoms with Gasteiger partial charge in [0, 0.05) is 41.7 Å². The fraction of sp³-hybridized carbons (Fsp3) is 0.419. The first-order valence-corrected chi connectivity index (χ1v) is 14.0. The van der Waals surface area contributed by atoms with E-state index in [1.807, 2.05) is 36.7 Å². The van der Waals surface area contributed by atoms with E-state index in [0.717, 1.165) is 55.5 Å². The number of aryl methyl sites for hydroxylation is 2. The van der Waals surface area contributed by atoms with Gasteiger partial charge in [0.2, 0.25) is 0 Å². The zero-order valence-corrected chi connectivity index (χ0v) is 22.2. The Bertz CT molecular complexity index is 1300. The molecule has 3 aromatic rings. The molecule has 204 valence electrons. The number of nitrogens with one attached hydrogen (secondary N) is 2. The van der Waals surface area contributed by atoms with Gasteiger partial charge in [-0.15, -0.1) is 0 Å². The Morgan fingerprint density at radius 3 is 2.33 bits per heavy atom. The molecule has 3 unspecified atom stereocenters. The number of nitrogens with zero attached hydrogens (tertiary/aromatic N) is 2. The molecule has 2 aromatic heterocycles. The lowest BCUT2D eigenvalue weighted by atomic mass is 9.80. The van der Waals surface area contributed by atoms with E-state index in [4.69, 9.17) is 5.73 Å². The van der Waals surface area contributed by atoms with Crippen molar-refractivity contribution < 1.29 is 14.7 Å². The van der Waals surface area contributed by atoms with Crippen LogP contribution in [0.2, 0.25) is 0 Å². The van der Waals surface area contributed by atoms with Crippen LogP contribution in [-0.2, 0) is 17.6 Å². The van der Waals surface area contributed by atoms with Gasteiger partial charge in [0.25, 0.3) is 5.91 Å². The van der Waals surface area contributed by atoms with Crippen LogP contribution in [0.5, 0.6) is 0 Å². The Morgan fingerprint density at radius 2 is 1.62 bits per heavy atom. The summed E-state index contributed by atoms with van der Waals surface area (Å²) >= 11 is 0. The van der Waals surface area contributed by atoms with Crippen molar-refractivity contribution in [1.29, 1.82) is 0 Å². The molecular formula is C31H37N5O3. The van der Waals surface area contributed by atoms with Crippen LogP contribution in [0.25, 0.3) is 0 Å². The lowest BCUT2D eigenvalue weighted by Gasteiger charge is -2.29. The molecule has 0 saturated carbocycles. The highest BCUT2D eigenvalue weighted by Gasteiger charge is 2.28. The summed E-state index contributed by atoms with van der Waals surface area (Å²) < 4.78 is 0. The highest BCUT2D eigenvalue weighted by atomic mass is 16.4. The summed E-state index contributed by atoms with van der Waals surface area (Å²) in [5.74, 6) is -1.29. The van der Waals surface area contributed by atoms with Crippen molar-refractivity contribution >= 4 is 11.9 Å². The first-order chi connectivity index (χ1) is 19.0. The molecule has 0 saturated heterocycles. The van der Waals surface area contributed by atoms with E-state index in [1.165, 1.54) is 11.1 Å². The predicted molar refractivity (Wildman–Crippen MR) is 149 cm³/mol. The van der Waals surface area contributed by atoms with Gasteiger partial charge in [-0.1, -0.05) is 24.3 Å². The standard InChI is InChI=1S/C31H37N5O3/c32-27(24-10-1-6-21-8-3-18-34-28(21)24)20-13-15-23(16-14-20)30(37)36-26(31(38)39)12-5-17-33-25-11-2-7-22-9-4-19-35-29(22)25/h3-4,8-9,13-16,18-19,24-27,33H,1-2,5-7,10-12,17,32H2,(H,36,37)(H,38,39)/t24?,25?,26-,27?/m0/s1. The van der Waals surface area contributed by atoms with Gasteiger partial charge in [-0.05, 0) is 98.9 Å². The van der Waals surface area contributed by atoms with Gasteiger partial charge < -0.3 is 21.5 Å². The largest absolute Gasteiger partial charge is 0.480 e. The molecule has 0 aliphatic heterocycles. The van der Waals surface area contributed by atoms with Crippen molar-refractivity contribution in [2.24, 2.45) is 5.73 Å². The molecule has 1 amide bonds. The Kier molecular flexibility index (Phi) is 8.64. The van der Waals surface area contributed by atoms with Crippen LogP contribution >= 0.6 is 0 Å². The summed E-state index contributed by atoms with van der Waals surface area (Å²) in [7, 11) is 0. The van der Waals surface area contributed by atoms with Crippen LogP contribution < -0.4 is 16.4 Å². The first kappa shape index (κ1) is 27.0. The van der Waals surface area contributed by atoms with Crippen molar-refractivity contribution in [1.82, 2.24) is 20.6 Å². The van der Waals surface area contributed by atoms with E-state index in [-0.39, 0.29) is 18.0 Å². The number of pyridine rings is 2. The van der Waals surface area contributed by atoms with Gasteiger partial charge in [-0.25, -0.2) is 4.79 Å². The summed E-state index contributed by atoms with van der Waals surface area (Å²) in [6, 6.07) is 14.4. The quantitative estimate of drug-likeness (QED) is 0.290. The lowest BCUT2D eigenvalue weighted by molar-refractivity contribution is -0.139. The van der Waals surface area contributed by atoms with Crippen molar-refractivity contribution in [3.8, 4) is 0 Å². The Labute approximate surface area is 229 Å². The molecule has 4 atom stereocenters. The normalized spacial score (nSPS) is 19.8. The average molecular weight is 528 g/mol. The number of carbonyl (C=O) groups excluding carboxylic acids is 1. The number of hydrogen-bond donors (Lipinski definition) is 4. The van der Waals surface area contributed by atoms with Crippen molar-refractivity contribution in [3.05, 3.63) is 94.6 Å². The third kappa shape index (κ3) is 6.34. The number of carbonyl (C=O) groups is 2. The number of aromatic nitrogens is 2. The molecule has 39 heavy (non-hydrogen) atoms. The number of nitrogens with two attached hydrogens (primary N) is 1. The summed E-state index contributed by atoms with van der Waals surface area (Å²) in [4.78, 5) is 33.9. The maximum Gasteiger partial charge on any atom is 0.326 e. The van der Waals surface area contributed by atoms with Gasteiger partial charge in [-0.2, -0.15) is 0 Å². The highest BCUT2D eigenvalue weighted by molar-refractivity contribution is 5.96. The zero-order chi connectivity index (χ0) is 27.2. The molecule has 0 bridgehead atoms. The number of amides is 1. The van der Waals surface area contributed by atoms with Crippen LogP contribution in [0.4, 0.5) is 0 Å². The predicted octanol–water partition coefficient (Wildman–Crippen LogP) is 4.23. The fourth-order valence-corrected chi connectivity index (χ4v) is 5.97. The van der Waals surface area contributed by atoms with Crippen molar-refractivity contribution in [2.75, 3.05) is 6.54 Å². The van der Waals surface area contributed by atoms with Crippen LogP contribution in [0.3, 0.4) is 0 Å². The number of carboxylic acids is 1. The number of benzene rings is 1. The molecule has 8 heteroatoms. The lowest BCUT2D eigenvalue weighted by Crippen LogP contribution is -2.41. The third-order valence-corrected chi connectivity index (χ3v) is 8.09. The summed E-state index contributed by atoms with van der Waals surface area (Å²) in [5, 5.41) is 15.9. The topological polar surface area (TPSA) is 130 Å². The van der Waals surface area contributed by atoms with Gasteiger partial charge in [0.15, 0.2) is 0 Å². The van der Waals surface area contributed by atoms with E-state index in [1.54, 1.807) is 12.1 Å². The number of aliphatic carboxylic acids is 1. The van der Waals surface area contributed by atoms with Crippen molar-refractivity contribution in [3.63, 3.8) is 0 Å². The molecule has 1 aromatic carbocycles. The SMILES string of the molecule is NC(c1ccc(C(=O)N[C@@H](CCCNC2CCCc3cccnc32)C(=O)O)cc1)C1CCCc2cccnc21. The minimum absolute atomic E-state index is 0.137. The third-order valence-electron chi connectivity index (χ3n) is 8.09. The maximum atomic E-state index is 12.9. The monoisotopic (exact) mass is 527 g/mol. The van der Waals surface area contributed by atoms with Crippen LogP contribution in [0.15, 0.2) is 60.9 Å². The van der Waals surface area contributed by atoms with Crippen LogP contribution in [0, 0.1) is 0 Å². The second kappa shape index (κ2) is 12.5. The fourth-order valence-electron chi connectivity index (χ4n) is 5.97. The molecular weight excluding hydrogens is 490 g/mol. The Hall–Kier alpha value is -3.62. The smallest absolute Gasteiger partial charge is 0.326 e. The minimum Gasteiger partial charge on any atom is -0.480 e. The molecule has 5 rings (SSSR count). The van der Waals surface area contributed by atoms with Gasteiger partial charge >= 0.3 is 5.97 Å². The summed E-state index contributed by atoms with van der Waals surface area (Å²) in [6.45, 7) is 0.659. The maximum absolute atomic E-state index is 12.9. The number of rotatable bonds is 10. The molecule has 0 fully saturated rings. The second-order valence-electron chi connectivity index (χ2n) is 10.6. The van der Waals surface area contributed by atoms with Gasteiger partial charge in [0.1, 0.15) is 6.04 Å². The van der Waals surface area contributed by atoms with E-state index < -0.39 is 17.9 Å². The first-order valence-electron chi connectivity index (χ1n) is 14.0. The molecule has 2 heterocycles. The molecule has 8 nitrogen and oxygen atoms in total. The Balaban J connectivity index is 1.14. The zero-order valence-electron chi connectivity index (χ0n) is 22.2. The average Bonchev–Trinajstić information content (AvgIpc) is 2.98. The van der Waals surface area contributed by atoms with E-state index in [0.29, 0.717) is 24.9 Å². The number of hydrogen-bond acceptors (Lipinski definition) is 6. The van der Waals surface area contributed by atoms with E-state index >= 15 is 0 Å². The summed E-state index contributed by atoms with van der Waals surface area (Å²) in [5.41, 5.74) is 12.7. The summed E-state index contributed by atoms with van der Waals surface area (Å²) in [6.07, 6.45) is 10.9. The Morgan fingerprint density at radius 1 is 0.949 bits per heavy atom. The molecule has 0 radical (unpaired) electrons. The molecule has 5 N–H and O–H groups in total. The highest BCUT2D eigenvalue weighted by Crippen LogP contribution is 2.37. The van der Waals surface area contributed by atoms with Crippen LogP contribution in [0.1, 0.15) is 95.0 Å². The molecule has 0 spiro atoms. The molecule has 2 aliphatic rings. The second-order valence-corrected chi connectivity index (χ2v) is 10.6. The van der Waals surface area contributed by atoms with Gasteiger partial charge in [-0.3, -0.25) is 14.8 Å².